The summed E-state index contributed by atoms with van der Waals surface area (Å²) >= 11 is 0. The van der Waals surface area contributed by atoms with Crippen LogP contribution in [-0.2, 0) is 0 Å². The van der Waals surface area contributed by atoms with Crippen LogP contribution in [0.2, 0.25) is 0 Å². The van der Waals surface area contributed by atoms with Gasteiger partial charge in [0.2, 0.25) is 0 Å². The molecular formula is C12H27N3. The van der Waals surface area contributed by atoms with Crippen molar-refractivity contribution in [2.24, 2.45) is 5.92 Å². The summed E-state index contributed by atoms with van der Waals surface area (Å²) in [5.41, 5.74) is 0. The molecule has 1 heterocycles. The Hall–Kier alpha value is -0.120. The molecule has 1 unspecified atom stereocenters. The Kier molecular flexibility index (Phi) is 6.22. The molecule has 0 radical (unpaired) electrons. The number of hydrogen-bond acceptors (Lipinski definition) is 3. The summed E-state index contributed by atoms with van der Waals surface area (Å²) in [5.74, 6) is 0.895. The fraction of sp³-hybridized carbons (Fsp3) is 1.00. The largest absolute Gasteiger partial charge is 0.315 e. The monoisotopic (exact) mass is 213 g/mol. The molecule has 1 aliphatic heterocycles. The minimum atomic E-state index is 0.895. The third-order valence-electron chi connectivity index (χ3n) is 3.16. The summed E-state index contributed by atoms with van der Waals surface area (Å²) in [6.45, 7) is 9.51. The summed E-state index contributed by atoms with van der Waals surface area (Å²) in [6, 6.07) is 0. The van der Waals surface area contributed by atoms with Crippen LogP contribution in [0.3, 0.4) is 0 Å². The fourth-order valence-electron chi connectivity index (χ4n) is 2.28. The standard InChI is InChI=1S/C12H27N3/c1-4-6-13-7-9-15(3)11-12-5-8-14(2)10-12/h12-13H,4-11H2,1-3H3. The van der Waals surface area contributed by atoms with Crippen LogP contribution in [0.4, 0.5) is 0 Å². The van der Waals surface area contributed by atoms with Crippen LogP contribution in [0, 0.1) is 5.92 Å². The molecule has 1 aliphatic rings. The van der Waals surface area contributed by atoms with Crippen LogP contribution in [0.15, 0.2) is 0 Å². The Bertz CT molecular complexity index is 161. The van der Waals surface area contributed by atoms with Gasteiger partial charge in [0.15, 0.2) is 0 Å². The molecule has 3 nitrogen and oxygen atoms in total. The topological polar surface area (TPSA) is 18.5 Å². The van der Waals surface area contributed by atoms with E-state index in [1.54, 1.807) is 0 Å². The molecule has 0 amide bonds. The van der Waals surface area contributed by atoms with Crippen LogP contribution in [0.25, 0.3) is 0 Å². The first-order valence-corrected chi connectivity index (χ1v) is 6.30. The van der Waals surface area contributed by atoms with Crippen LogP contribution in [0.5, 0.6) is 0 Å². The van der Waals surface area contributed by atoms with Crippen molar-refractivity contribution in [2.75, 3.05) is 53.4 Å². The average Bonchev–Trinajstić information content (AvgIpc) is 2.59. The highest BCUT2D eigenvalue weighted by molar-refractivity contribution is 4.75. The Morgan fingerprint density at radius 2 is 2.20 bits per heavy atom. The molecule has 1 rings (SSSR count). The highest BCUT2D eigenvalue weighted by Gasteiger charge is 2.20. The van der Waals surface area contributed by atoms with Gasteiger partial charge in [-0.1, -0.05) is 6.92 Å². The molecule has 15 heavy (non-hydrogen) atoms. The van der Waals surface area contributed by atoms with E-state index in [9.17, 15) is 0 Å². The van der Waals surface area contributed by atoms with Crippen molar-refractivity contribution in [3.63, 3.8) is 0 Å². The van der Waals surface area contributed by atoms with Gasteiger partial charge in [-0.3, -0.25) is 0 Å². The highest BCUT2D eigenvalue weighted by atomic mass is 15.2. The number of rotatable bonds is 7. The molecule has 0 aromatic rings. The summed E-state index contributed by atoms with van der Waals surface area (Å²) in [7, 11) is 4.47. The van der Waals surface area contributed by atoms with E-state index in [0.29, 0.717) is 0 Å². The van der Waals surface area contributed by atoms with Gasteiger partial charge < -0.3 is 15.1 Å². The molecule has 90 valence electrons. The quantitative estimate of drug-likeness (QED) is 0.633. The molecule has 0 aromatic carbocycles. The van der Waals surface area contributed by atoms with Crippen molar-refractivity contribution in [3.05, 3.63) is 0 Å². The Balaban J connectivity index is 2.00. The van der Waals surface area contributed by atoms with Gasteiger partial charge in [0, 0.05) is 26.2 Å². The lowest BCUT2D eigenvalue weighted by Gasteiger charge is -2.20. The van der Waals surface area contributed by atoms with Gasteiger partial charge in [-0.05, 0) is 45.9 Å². The third-order valence-corrected chi connectivity index (χ3v) is 3.16. The SMILES string of the molecule is CCCNCCN(C)CC1CCN(C)C1. The summed E-state index contributed by atoms with van der Waals surface area (Å²) < 4.78 is 0. The van der Waals surface area contributed by atoms with E-state index in [4.69, 9.17) is 0 Å². The number of hydrogen-bond donors (Lipinski definition) is 1. The first-order valence-electron chi connectivity index (χ1n) is 6.30. The third kappa shape index (κ3) is 5.50. The first kappa shape index (κ1) is 12.9. The molecule has 0 saturated carbocycles. The second-order valence-corrected chi connectivity index (χ2v) is 4.93. The average molecular weight is 213 g/mol. The lowest BCUT2D eigenvalue weighted by atomic mass is 10.1. The van der Waals surface area contributed by atoms with Crippen LogP contribution < -0.4 is 5.32 Å². The second-order valence-electron chi connectivity index (χ2n) is 4.93. The minimum Gasteiger partial charge on any atom is -0.315 e. The maximum absolute atomic E-state index is 3.45. The van der Waals surface area contributed by atoms with Crippen molar-refractivity contribution < 1.29 is 0 Å². The zero-order valence-corrected chi connectivity index (χ0v) is 10.6. The van der Waals surface area contributed by atoms with Crippen LogP contribution >= 0.6 is 0 Å². The van der Waals surface area contributed by atoms with E-state index < -0.39 is 0 Å². The number of nitrogens with zero attached hydrogens (tertiary/aromatic N) is 2. The first-order chi connectivity index (χ1) is 7.22. The predicted molar refractivity (Wildman–Crippen MR) is 66.3 cm³/mol. The molecule has 1 N–H and O–H groups in total. The second kappa shape index (κ2) is 7.20. The summed E-state index contributed by atoms with van der Waals surface area (Å²) in [4.78, 5) is 4.90. The van der Waals surface area contributed by atoms with Gasteiger partial charge in [-0.15, -0.1) is 0 Å². The van der Waals surface area contributed by atoms with Crippen molar-refractivity contribution >= 4 is 0 Å². The van der Waals surface area contributed by atoms with Gasteiger partial charge in [-0.25, -0.2) is 0 Å². The molecule has 3 heteroatoms. The number of likely N-dealkylation sites (tertiary alicyclic amines) is 1. The van der Waals surface area contributed by atoms with E-state index in [1.165, 1.54) is 39.0 Å². The van der Waals surface area contributed by atoms with E-state index in [-0.39, 0.29) is 0 Å². The summed E-state index contributed by atoms with van der Waals surface area (Å²) in [6.07, 6.45) is 2.61. The van der Waals surface area contributed by atoms with Gasteiger partial charge in [-0.2, -0.15) is 0 Å². The maximum Gasteiger partial charge on any atom is 0.0104 e. The Labute approximate surface area is 94.8 Å². The Morgan fingerprint density at radius 3 is 2.80 bits per heavy atom. The van der Waals surface area contributed by atoms with Gasteiger partial charge in [0.1, 0.15) is 0 Å². The fourth-order valence-corrected chi connectivity index (χ4v) is 2.28. The smallest absolute Gasteiger partial charge is 0.0104 e. The number of likely N-dealkylation sites (N-methyl/N-ethyl adjacent to an activating group) is 1. The molecular weight excluding hydrogens is 186 g/mol. The zero-order chi connectivity index (χ0) is 11.1. The van der Waals surface area contributed by atoms with Gasteiger partial charge >= 0.3 is 0 Å². The van der Waals surface area contributed by atoms with Crippen LogP contribution in [-0.4, -0.2) is 63.2 Å². The van der Waals surface area contributed by atoms with E-state index in [2.05, 4.69) is 36.1 Å². The predicted octanol–water partition coefficient (Wildman–Crippen LogP) is 0.870. The van der Waals surface area contributed by atoms with E-state index >= 15 is 0 Å². The minimum absolute atomic E-state index is 0.895. The maximum atomic E-state index is 3.45. The molecule has 1 fully saturated rings. The zero-order valence-electron chi connectivity index (χ0n) is 10.6. The van der Waals surface area contributed by atoms with Gasteiger partial charge in [0.25, 0.3) is 0 Å². The van der Waals surface area contributed by atoms with Crippen molar-refractivity contribution in [2.45, 2.75) is 19.8 Å². The molecule has 0 aliphatic carbocycles. The molecule has 0 bridgehead atoms. The molecule has 0 aromatic heterocycles. The lowest BCUT2D eigenvalue weighted by molar-refractivity contribution is 0.273. The molecule has 1 atom stereocenters. The van der Waals surface area contributed by atoms with Gasteiger partial charge in [0.05, 0.1) is 0 Å². The van der Waals surface area contributed by atoms with E-state index in [0.717, 1.165) is 19.0 Å². The normalized spacial score (nSPS) is 22.8. The summed E-state index contributed by atoms with van der Waals surface area (Å²) in [5, 5.41) is 3.45. The molecule has 1 saturated heterocycles. The van der Waals surface area contributed by atoms with E-state index in [1.807, 2.05) is 0 Å². The number of nitrogens with one attached hydrogen (secondary N) is 1. The lowest BCUT2D eigenvalue weighted by Crippen LogP contribution is -2.33. The highest BCUT2D eigenvalue weighted by Crippen LogP contribution is 2.14. The van der Waals surface area contributed by atoms with Crippen molar-refractivity contribution in [1.29, 1.82) is 0 Å². The van der Waals surface area contributed by atoms with Crippen molar-refractivity contribution in [1.82, 2.24) is 15.1 Å². The Morgan fingerprint density at radius 1 is 1.40 bits per heavy atom. The van der Waals surface area contributed by atoms with Crippen LogP contribution in [0.1, 0.15) is 19.8 Å². The molecule has 0 spiro atoms. The van der Waals surface area contributed by atoms with Crippen molar-refractivity contribution in [3.8, 4) is 0 Å².